The lowest BCUT2D eigenvalue weighted by atomic mass is 9.99. The largest absolute Gasteiger partial charge is 0.396 e. The number of aliphatic hydroxyl groups is 1. The molecule has 0 bridgehead atoms. The average Bonchev–Trinajstić information content (AvgIpc) is 2.82. The van der Waals surface area contributed by atoms with Gasteiger partial charge in [0.1, 0.15) is 11.6 Å². The molecule has 3 rings (SSSR count). The number of hydrogen-bond acceptors (Lipinski definition) is 7. The highest BCUT2D eigenvalue weighted by Crippen LogP contribution is 2.22. The summed E-state index contributed by atoms with van der Waals surface area (Å²) < 4.78 is 0. The molecule has 2 aromatic rings. The van der Waals surface area contributed by atoms with Gasteiger partial charge in [-0.1, -0.05) is 30.3 Å². The third kappa shape index (κ3) is 6.98. The van der Waals surface area contributed by atoms with Crippen molar-refractivity contribution in [3.63, 3.8) is 0 Å². The maximum atomic E-state index is 12.8. The van der Waals surface area contributed by atoms with Gasteiger partial charge in [0, 0.05) is 50.8 Å². The number of carbonyl (C=O) groups excluding carboxylic acids is 3. The van der Waals surface area contributed by atoms with Crippen LogP contribution < -0.4 is 16.0 Å². The van der Waals surface area contributed by atoms with Crippen molar-refractivity contribution < 1.29 is 19.5 Å². The standard InChI is InChI=1S/C23H30N6O4/c1-16(31)24-11-12-25-19-15-20(27-21(26-19)17-7-3-2-4-8-17)28-22(32)23(33)29-13-6-5-9-18(29)10-14-30/h2-4,7-8,15,18,30H,5-6,9-14H2,1H3,(H,24,31)(H2,25,26,27,28,32). The molecule has 0 saturated carbocycles. The van der Waals surface area contributed by atoms with Crippen LogP contribution in [0.1, 0.15) is 32.6 Å². The van der Waals surface area contributed by atoms with Crippen LogP contribution in [0, 0.1) is 0 Å². The third-order valence-corrected chi connectivity index (χ3v) is 5.35. The van der Waals surface area contributed by atoms with Crippen molar-refractivity contribution in [2.45, 2.75) is 38.6 Å². The van der Waals surface area contributed by atoms with Crippen molar-refractivity contribution in [3.8, 4) is 11.4 Å². The van der Waals surface area contributed by atoms with Gasteiger partial charge < -0.3 is 26.0 Å². The van der Waals surface area contributed by atoms with Crippen LogP contribution in [0.2, 0.25) is 0 Å². The van der Waals surface area contributed by atoms with E-state index in [1.165, 1.54) is 6.92 Å². The molecule has 1 unspecified atom stereocenters. The van der Waals surface area contributed by atoms with E-state index in [-0.39, 0.29) is 24.4 Å². The summed E-state index contributed by atoms with van der Waals surface area (Å²) in [6.07, 6.45) is 3.02. The zero-order chi connectivity index (χ0) is 23.6. The minimum atomic E-state index is -0.776. The van der Waals surface area contributed by atoms with Crippen molar-refractivity contribution in [3.05, 3.63) is 36.4 Å². The Morgan fingerprint density at radius 2 is 1.85 bits per heavy atom. The van der Waals surface area contributed by atoms with Crippen molar-refractivity contribution in [2.24, 2.45) is 0 Å². The molecule has 1 saturated heterocycles. The quantitative estimate of drug-likeness (QED) is 0.349. The lowest BCUT2D eigenvalue weighted by Crippen LogP contribution is -2.48. The minimum absolute atomic E-state index is 0.0318. The number of rotatable bonds is 8. The maximum absolute atomic E-state index is 12.8. The summed E-state index contributed by atoms with van der Waals surface area (Å²) in [5.41, 5.74) is 0.754. The van der Waals surface area contributed by atoms with E-state index in [4.69, 9.17) is 0 Å². The molecule has 0 spiro atoms. The summed E-state index contributed by atoms with van der Waals surface area (Å²) in [6, 6.07) is 10.7. The summed E-state index contributed by atoms with van der Waals surface area (Å²) >= 11 is 0. The zero-order valence-corrected chi connectivity index (χ0v) is 18.7. The van der Waals surface area contributed by atoms with Crippen LogP contribution in [-0.2, 0) is 14.4 Å². The fourth-order valence-electron chi connectivity index (χ4n) is 3.76. The Balaban J connectivity index is 1.77. The molecule has 0 aliphatic carbocycles. The normalized spacial score (nSPS) is 15.6. The predicted octanol–water partition coefficient (Wildman–Crippen LogP) is 1.39. The van der Waals surface area contributed by atoms with Gasteiger partial charge in [0.2, 0.25) is 5.91 Å². The van der Waals surface area contributed by atoms with Crippen molar-refractivity contribution in [2.75, 3.05) is 36.9 Å². The zero-order valence-electron chi connectivity index (χ0n) is 18.7. The second-order valence-corrected chi connectivity index (χ2v) is 7.85. The Kier molecular flexibility index (Phi) is 8.71. The van der Waals surface area contributed by atoms with E-state index in [0.29, 0.717) is 37.7 Å². The number of hydrogen-bond donors (Lipinski definition) is 4. The molecule has 1 atom stereocenters. The molecular weight excluding hydrogens is 424 g/mol. The first-order valence-electron chi connectivity index (χ1n) is 11.1. The number of nitrogens with zero attached hydrogens (tertiary/aromatic N) is 3. The van der Waals surface area contributed by atoms with Gasteiger partial charge in [0.05, 0.1) is 0 Å². The van der Waals surface area contributed by atoms with Crippen LogP contribution in [0.5, 0.6) is 0 Å². The summed E-state index contributed by atoms with van der Waals surface area (Å²) in [5.74, 6) is -0.505. The highest BCUT2D eigenvalue weighted by Gasteiger charge is 2.30. The van der Waals surface area contributed by atoms with Crippen LogP contribution in [-0.4, -0.2) is 70.0 Å². The third-order valence-electron chi connectivity index (χ3n) is 5.35. The molecule has 3 amide bonds. The molecule has 33 heavy (non-hydrogen) atoms. The van der Waals surface area contributed by atoms with Gasteiger partial charge >= 0.3 is 11.8 Å². The minimum Gasteiger partial charge on any atom is -0.396 e. The number of benzene rings is 1. The fraction of sp³-hybridized carbons (Fsp3) is 0.435. The summed E-state index contributed by atoms with van der Waals surface area (Å²) in [5, 5.41) is 17.7. The highest BCUT2D eigenvalue weighted by molar-refractivity contribution is 6.39. The van der Waals surface area contributed by atoms with Gasteiger partial charge in [0.25, 0.3) is 0 Å². The molecule has 0 radical (unpaired) electrons. The van der Waals surface area contributed by atoms with E-state index in [9.17, 15) is 19.5 Å². The number of nitrogens with one attached hydrogen (secondary N) is 3. The summed E-state index contributed by atoms with van der Waals surface area (Å²) in [4.78, 5) is 47.1. The lowest BCUT2D eigenvalue weighted by molar-refractivity contribution is -0.146. The molecule has 1 aromatic heterocycles. The molecule has 4 N–H and O–H groups in total. The first kappa shape index (κ1) is 24.1. The summed E-state index contributed by atoms with van der Waals surface area (Å²) in [7, 11) is 0. The Bertz CT molecular complexity index is 967. The van der Waals surface area contributed by atoms with E-state index in [1.54, 1.807) is 11.0 Å². The van der Waals surface area contributed by atoms with E-state index in [1.807, 2.05) is 30.3 Å². The molecule has 10 heteroatoms. The number of piperidine rings is 1. The van der Waals surface area contributed by atoms with E-state index in [2.05, 4.69) is 25.9 Å². The van der Waals surface area contributed by atoms with Gasteiger partial charge in [-0.15, -0.1) is 0 Å². The molecule has 1 aliphatic rings. The van der Waals surface area contributed by atoms with Gasteiger partial charge in [-0.05, 0) is 25.7 Å². The number of anilines is 2. The van der Waals surface area contributed by atoms with Gasteiger partial charge in [-0.25, -0.2) is 9.97 Å². The van der Waals surface area contributed by atoms with Crippen LogP contribution >= 0.6 is 0 Å². The Morgan fingerprint density at radius 3 is 2.58 bits per heavy atom. The first-order chi connectivity index (χ1) is 16.0. The number of carbonyl (C=O) groups is 3. The van der Waals surface area contributed by atoms with Gasteiger partial charge in [-0.2, -0.15) is 0 Å². The Morgan fingerprint density at radius 1 is 1.09 bits per heavy atom. The topological polar surface area (TPSA) is 137 Å². The first-order valence-corrected chi connectivity index (χ1v) is 11.1. The average molecular weight is 455 g/mol. The summed E-state index contributed by atoms with van der Waals surface area (Å²) in [6.45, 7) is 2.73. The molecule has 10 nitrogen and oxygen atoms in total. The van der Waals surface area contributed by atoms with Crippen LogP contribution in [0.4, 0.5) is 11.6 Å². The monoisotopic (exact) mass is 454 g/mol. The number of amides is 3. The molecule has 1 aliphatic heterocycles. The van der Waals surface area contributed by atoms with Crippen LogP contribution in [0.25, 0.3) is 11.4 Å². The van der Waals surface area contributed by atoms with E-state index >= 15 is 0 Å². The highest BCUT2D eigenvalue weighted by atomic mass is 16.3. The van der Waals surface area contributed by atoms with E-state index < -0.39 is 11.8 Å². The Hall–Kier alpha value is -3.53. The molecule has 1 aromatic carbocycles. The van der Waals surface area contributed by atoms with Crippen molar-refractivity contribution >= 4 is 29.4 Å². The Labute approximate surface area is 192 Å². The molecule has 176 valence electrons. The van der Waals surface area contributed by atoms with Gasteiger partial charge in [-0.3, -0.25) is 14.4 Å². The fourth-order valence-corrected chi connectivity index (χ4v) is 3.76. The molecular formula is C23H30N6O4. The lowest BCUT2D eigenvalue weighted by Gasteiger charge is -2.34. The molecule has 1 fully saturated rings. The SMILES string of the molecule is CC(=O)NCCNc1cc(NC(=O)C(=O)N2CCCCC2CCO)nc(-c2ccccc2)n1. The number of aromatic nitrogens is 2. The molecule has 2 heterocycles. The second-order valence-electron chi connectivity index (χ2n) is 7.85. The van der Waals surface area contributed by atoms with Crippen molar-refractivity contribution in [1.29, 1.82) is 0 Å². The van der Waals surface area contributed by atoms with Gasteiger partial charge in [0.15, 0.2) is 5.82 Å². The number of likely N-dealkylation sites (tertiary alicyclic amines) is 1. The van der Waals surface area contributed by atoms with E-state index in [0.717, 1.165) is 24.8 Å². The number of aliphatic hydroxyl groups excluding tert-OH is 1. The van der Waals surface area contributed by atoms with Crippen LogP contribution in [0.3, 0.4) is 0 Å². The second kappa shape index (κ2) is 11.9. The maximum Gasteiger partial charge on any atom is 0.315 e. The smallest absolute Gasteiger partial charge is 0.315 e. The predicted molar refractivity (Wildman–Crippen MR) is 124 cm³/mol. The van der Waals surface area contributed by atoms with Crippen LogP contribution in [0.15, 0.2) is 36.4 Å². The van der Waals surface area contributed by atoms with Crippen molar-refractivity contribution in [1.82, 2.24) is 20.2 Å².